The van der Waals surface area contributed by atoms with Crippen LogP contribution in [0.4, 0.5) is 8.78 Å². The van der Waals surface area contributed by atoms with E-state index in [1.165, 1.54) is 12.3 Å². The van der Waals surface area contributed by atoms with E-state index in [1.54, 1.807) is 0 Å². The van der Waals surface area contributed by atoms with Crippen LogP contribution >= 0.6 is 0 Å². The van der Waals surface area contributed by atoms with Crippen molar-refractivity contribution in [2.45, 2.75) is 37.8 Å². The van der Waals surface area contributed by atoms with Gasteiger partial charge in [0.2, 0.25) is 10.0 Å². The molecule has 0 aromatic carbocycles. The Hall–Kier alpha value is -0.990. The summed E-state index contributed by atoms with van der Waals surface area (Å²) in [7, 11) is -2.72. The first-order chi connectivity index (χ1) is 8.73. The first-order valence-corrected chi connectivity index (χ1v) is 7.32. The van der Waals surface area contributed by atoms with Gasteiger partial charge in [-0.2, -0.15) is 4.31 Å². The average Bonchev–Trinajstić information content (AvgIpc) is 2.74. The predicted octanol–water partition coefficient (Wildman–Crippen LogP) is 1.40. The molecule has 0 amide bonds. The predicted molar refractivity (Wildman–Crippen MR) is 68.6 cm³/mol. The van der Waals surface area contributed by atoms with Gasteiger partial charge in [-0.1, -0.05) is 13.8 Å². The molecular formula is C11H19F2N3O2S. The molecular weight excluding hydrogens is 276 g/mol. The molecule has 19 heavy (non-hydrogen) atoms. The van der Waals surface area contributed by atoms with Crippen molar-refractivity contribution in [2.75, 3.05) is 13.6 Å². The Balaban J connectivity index is 2.79. The van der Waals surface area contributed by atoms with Crippen molar-refractivity contribution in [1.29, 1.82) is 0 Å². The van der Waals surface area contributed by atoms with E-state index in [4.69, 9.17) is 0 Å². The van der Waals surface area contributed by atoms with Crippen LogP contribution in [0.15, 0.2) is 17.2 Å². The highest BCUT2D eigenvalue weighted by Crippen LogP contribution is 2.16. The zero-order valence-electron chi connectivity index (χ0n) is 11.2. The first-order valence-electron chi connectivity index (χ1n) is 5.88. The molecule has 0 unspecified atom stereocenters. The Morgan fingerprint density at radius 2 is 2.05 bits per heavy atom. The van der Waals surface area contributed by atoms with Gasteiger partial charge in [-0.05, 0) is 6.07 Å². The second kappa shape index (κ2) is 6.44. The molecule has 0 aliphatic carbocycles. The molecule has 0 saturated carbocycles. The smallest absolute Gasteiger partial charge is 0.252 e. The summed E-state index contributed by atoms with van der Waals surface area (Å²) in [6.45, 7) is 3.62. The molecule has 1 heterocycles. The molecule has 1 aromatic rings. The lowest BCUT2D eigenvalue weighted by molar-refractivity contribution is 0.126. The number of alkyl halides is 2. The molecule has 8 heteroatoms. The Labute approximate surface area is 112 Å². The number of sulfonamides is 1. The van der Waals surface area contributed by atoms with E-state index in [2.05, 4.69) is 10.3 Å². The van der Waals surface area contributed by atoms with Crippen LogP contribution in [0.5, 0.6) is 0 Å². The van der Waals surface area contributed by atoms with Gasteiger partial charge in [0, 0.05) is 31.5 Å². The van der Waals surface area contributed by atoms with Crippen LogP contribution in [0, 0.1) is 0 Å². The maximum Gasteiger partial charge on any atom is 0.252 e. The lowest BCUT2D eigenvalue weighted by Gasteiger charge is -2.15. The quantitative estimate of drug-likeness (QED) is 0.799. The molecule has 1 rings (SSSR count). The molecule has 0 aliphatic heterocycles. The minimum atomic E-state index is -3.86. The van der Waals surface area contributed by atoms with Gasteiger partial charge in [0.25, 0.3) is 6.43 Å². The monoisotopic (exact) mass is 295 g/mol. The maximum absolute atomic E-state index is 12.2. The zero-order valence-corrected chi connectivity index (χ0v) is 12.0. The number of aromatic amines is 1. The van der Waals surface area contributed by atoms with Gasteiger partial charge in [0.05, 0.1) is 11.4 Å². The molecule has 0 aliphatic rings. The minimum absolute atomic E-state index is 0.00351. The van der Waals surface area contributed by atoms with Gasteiger partial charge in [-0.15, -0.1) is 0 Å². The van der Waals surface area contributed by atoms with Gasteiger partial charge < -0.3 is 10.3 Å². The van der Waals surface area contributed by atoms with Gasteiger partial charge in [-0.3, -0.25) is 0 Å². The Morgan fingerprint density at radius 3 is 2.58 bits per heavy atom. The van der Waals surface area contributed by atoms with Crippen molar-refractivity contribution in [3.05, 3.63) is 18.0 Å². The highest BCUT2D eigenvalue weighted by molar-refractivity contribution is 7.89. The number of hydrogen-bond donors (Lipinski definition) is 2. The van der Waals surface area contributed by atoms with Crippen molar-refractivity contribution >= 4 is 10.0 Å². The third kappa shape index (κ3) is 4.55. The third-order valence-electron chi connectivity index (χ3n) is 2.52. The van der Waals surface area contributed by atoms with Crippen LogP contribution in [0.25, 0.3) is 0 Å². The van der Waals surface area contributed by atoms with Crippen LogP contribution in [-0.4, -0.2) is 43.8 Å². The summed E-state index contributed by atoms with van der Waals surface area (Å²) in [4.78, 5) is 2.82. The van der Waals surface area contributed by atoms with Gasteiger partial charge >= 0.3 is 0 Å². The molecule has 0 saturated heterocycles. The van der Waals surface area contributed by atoms with E-state index < -0.39 is 23.0 Å². The maximum atomic E-state index is 12.2. The van der Waals surface area contributed by atoms with Crippen molar-refractivity contribution in [3.8, 4) is 0 Å². The van der Waals surface area contributed by atoms with Crippen molar-refractivity contribution < 1.29 is 17.2 Å². The summed E-state index contributed by atoms with van der Waals surface area (Å²) < 4.78 is 49.0. The zero-order chi connectivity index (χ0) is 14.6. The molecule has 5 nitrogen and oxygen atoms in total. The van der Waals surface area contributed by atoms with Crippen LogP contribution in [0.2, 0.25) is 0 Å². The first kappa shape index (κ1) is 16.1. The fourth-order valence-electron chi connectivity index (χ4n) is 1.46. The van der Waals surface area contributed by atoms with Gasteiger partial charge in [0.1, 0.15) is 0 Å². The van der Waals surface area contributed by atoms with Gasteiger partial charge in [-0.25, -0.2) is 17.2 Å². The van der Waals surface area contributed by atoms with E-state index in [0.717, 1.165) is 7.05 Å². The summed E-state index contributed by atoms with van der Waals surface area (Å²) >= 11 is 0. The van der Waals surface area contributed by atoms with Crippen LogP contribution in [-0.2, 0) is 16.6 Å². The lowest BCUT2D eigenvalue weighted by atomic mass is 10.3. The van der Waals surface area contributed by atoms with Gasteiger partial charge in [0.15, 0.2) is 0 Å². The van der Waals surface area contributed by atoms with Crippen LogP contribution < -0.4 is 5.32 Å². The topological polar surface area (TPSA) is 65.2 Å². The Bertz CT molecular complexity index is 500. The molecule has 0 spiro atoms. The lowest BCUT2D eigenvalue weighted by Crippen LogP contribution is -2.31. The number of hydrogen-bond acceptors (Lipinski definition) is 3. The molecule has 2 N–H and O–H groups in total. The molecule has 110 valence electrons. The normalized spacial score (nSPS) is 12.8. The standard InChI is InChI=1S/C11H19F2N3O2S/c1-8(2)14-5-9-4-10(6-15-9)19(17,18)16(3)7-11(12)13/h4,6,8,11,14-15H,5,7H2,1-3H3. The molecule has 1 aromatic heterocycles. The molecule has 0 fully saturated rings. The Kier molecular flexibility index (Phi) is 5.45. The van der Waals surface area contributed by atoms with Crippen molar-refractivity contribution in [3.63, 3.8) is 0 Å². The van der Waals surface area contributed by atoms with E-state index >= 15 is 0 Å². The second-order valence-corrected chi connectivity index (χ2v) is 6.62. The summed E-state index contributed by atoms with van der Waals surface area (Å²) in [5.41, 5.74) is 0.692. The fraction of sp³-hybridized carbons (Fsp3) is 0.636. The summed E-state index contributed by atoms with van der Waals surface area (Å²) in [5.74, 6) is 0. The highest BCUT2D eigenvalue weighted by Gasteiger charge is 2.24. The summed E-state index contributed by atoms with van der Waals surface area (Å²) in [6.07, 6.45) is -1.38. The summed E-state index contributed by atoms with van der Waals surface area (Å²) in [6, 6.07) is 1.72. The molecule has 0 atom stereocenters. The van der Waals surface area contributed by atoms with Crippen LogP contribution in [0.3, 0.4) is 0 Å². The van der Waals surface area contributed by atoms with Crippen molar-refractivity contribution in [2.24, 2.45) is 0 Å². The number of H-pyrrole nitrogens is 1. The second-order valence-electron chi connectivity index (χ2n) is 4.57. The molecule has 0 bridgehead atoms. The number of nitrogens with one attached hydrogen (secondary N) is 2. The van der Waals surface area contributed by atoms with E-state index in [-0.39, 0.29) is 10.9 Å². The van der Waals surface area contributed by atoms with Crippen LogP contribution in [0.1, 0.15) is 19.5 Å². The SMILES string of the molecule is CC(C)NCc1cc(S(=O)(=O)N(C)CC(F)F)c[nH]1. The van der Waals surface area contributed by atoms with E-state index in [0.29, 0.717) is 16.5 Å². The number of halogens is 2. The average molecular weight is 295 g/mol. The Morgan fingerprint density at radius 1 is 1.42 bits per heavy atom. The fourth-order valence-corrected chi connectivity index (χ4v) is 2.62. The highest BCUT2D eigenvalue weighted by atomic mass is 32.2. The van der Waals surface area contributed by atoms with Crippen molar-refractivity contribution in [1.82, 2.24) is 14.6 Å². The minimum Gasteiger partial charge on any atom is -0.363 e. The van der Waals surface area contributed by atoms with E-state index in [1.807, 2.05) is 13.8 Å². The number of aromatic nitrogens is 1. The number of rotatable bonds is 7. The number of nitrogens with zero attached hydrogens (tertiary/aromatic N) is 1. The summed E-state index contributed by atoms with van der Waals surface area (Å²) in [5, 5.41) is 3.13. The third-order valence-corrected chi connectivity index (χ3v) is 4.32. The molecule has 0 radical (unpaired) electrons. The van der Waals surface area contributed by atoms with E-state index in [9.17, 15) is 17.2 Å². The largest absolute Gasteiger partial charge is 0.363 e.